The number of hydrogen-bond acceptors (Lipinski definition) is 5. The van der Waals surface area contributed by atoms with Crippen LogP contribution in [0.3, 0.4) is 0 Å². The molecule has 1 unspecified atom stereocenters. The van der Waals surface area contributed by atoms with Crippen LogP contribution in [0.15, 0.2) is 59.7 Å². The Morgan fingerprint density at radius 2 is 2.04 bits per heavy atom. The predicted molar refractivity (Wildman–Crippen MR) is 107 cm³/mol. The number of halogens is 1. The smallest absolute Gasteiger partial charge is 0.154 e. The van der Waals surface area contributed by atoms with E-state index in [1.165, 1.54) is 17.8 Å². The minimum Gasteiger partial charge on any atom is -0.379 e. The van der Waals surface area contributed by atoms with Crippen molar-refractivity contribution in [1.82, 2.24) is 4.98 Å². The zero-order valence-electron chi connectivity index (χ0n) is 14.2. The third-order valence-corrected chi connectivity index (χ3v) is 5.34. The molecule has 0 fully saturated rings. The normalized spacial score (nSPS) is 17.6. The zero-order chi connectivity index (χ0) is 17.9. The first-order valence-corrected chi connectivity index (χ1v) is 9.55. The van der Waals surface area contributed by atoms with E-state index in [2.05, 4.69) is 15.3 Å². The molecule has 3 N–H and O–H groups in total. The summed E-state index contributed by atoms with van der Waals surface area (Å²) < 4.78 is 14.4. The van der Waals surface area contributed by atoms with Crippen molar-refractivity contribution in [3.8, 4) is 0 Å². The number of nitrogens with zero attached hydrogens (tertiary/aromatic N) is 2. The number of aromatic nitrogens is 1. The Kier molecular flexibility index (Phi) is 4.75. The fourth-order valence-electron chi connectivity index (χ4n) is 3.17. The number of pyridine rings is 1. The van der Waals surface area contributed by atoms with Crippen LogP contribution in [0.4, 0.5) is 15.9 Å². The monoisotopic (exact) mass is 366 g/mol. The van der Waals surface area contributed by atoms with Crippen molar-refractivity contribution in [3.05, 3.63) is 66.1 Å². The molecule has 0 aliphatic carbocycles. The maximum absolute atomic E-state index is 14.4. The minimum absolute atomic E-state index is 0.243. The highest BCUT2D eigenvalue weighted by Crippen LogP contribution is 2.32. The number of amidine groups is 1. The van der Waals surface area contributed by atoms with Crippen molar-refractivity contribution in [2.45, 2.75) is 18.9 Å². The summed E-state index contributed by atoms with van der Waals surface area (Å²) in [5, 5.41) is 5.97. The molecule has 0 saturated carbocycles. The molecule has 132 valence electrons. The molecule has 4 nitrogen and oxygen atoms in total. The van der Waals surface area contributed by atoms with Crippen LogP contribution in [-0.4, -0.2) is 15.9 Å². The highest BCUT2D eigenvalue weighted by molar-refractivity contribution is 8.13. The molecule has 0 saturated heterocycles. The summed E-state index contributed by atoms with van der Waals surface area (Å²) in [5.41, 5.74) is 7.26. The van der Waals surface area contributed by atoms with E-state index in [9.17, 15) is 4.39 Å². The van der Waals surface area contributed by atoms with E-state index in [-0.39, 0.29) is 11.9 Å². The van der Waals surface area contributed by atoms with E-state index < -0.39 is 0 Å². The maximum Gasteiger partial charge on any atom is 0.154 e. The van der Waals surface area contributed by atoms with Gasteiger partial charge >= 0.3 is 0 Å². The van der Waals surface area contributed by atoms with Crippen LogP contribution in [0, 0.1) is 5.82 Å². The van der Waals surface area contributed by atoms with Gasteiger partial charge in [-0.15, -0.1) is 0 Å². The standard InChI is InChI=1S/C20H19FN4S/c21-17-8-7-14(12-16(17)18-6-3-11-26-20(22)25-18)24-19-15-5-2-1-4-13(15)9-10-23-19/h1-2,4-5,7-10,12,18H,3,6,11H2,(H2,22,25)(H,23,24). The number of rotatable bonds is 3. The first-order chi connectivity index (χ1) is 12.7. The molecule has 26 heavy (non-hydrogen) atoms. The van der Waals surface area contributed by atoms with E-state index in [1.54, 1.807) is 12.3 Å². The van der Waals surface area contributed by atoms with E-state index in [0.29, 0.717) is 10.7 Å². The van der Waals surface area contributed by atoms with Crippen molar-refractivity contribution in [1.29, 1.82) is 0 Å². The van der Waals surface area contributed by atoms with Crippen molar-refractivity contribution < 1.29 is 4.39 Å². The highest BCUT2D eigenvalue weighted by Gasteiger charge is 2.19. The third-order valence-electron chi connectivity index (χ3n) is 4.45. The summed E-state index contributed by atoms with van der Waals surface area (Å²) in [6.45, 7) is 0. The summed E-state index contributed by atoms with van der Waals surface area (Å²) in [6.07, 6.45) is 3.52. The second-order valence-corrected chi connectivity index (χ2v) is 7.33. The van der Waals surface area contributed by atoms with Crippen molar-refractivity contribution >= 4 is 39.2 Å². The number of benzene rings is 2. The Labute approximate surface area is 155 Å². The van der Waals surface area contributed by atoms with Crippen molar-refractivity contribution in [3.63, 3.8) is 0 Å². The highest BCUT2D eigenvalue weighted by atomic mass is 32.2. The van der Waals surface area contributed by atoms with E-state index in [1.807, 2.05) is 36.4 Å². The number of anilines is 2. The molecule has 1 aromatic heterocycles. The number of hydrogen-bond donors (Lipinski definition) is 2. The maximum atomic E-state index is 14.4. The van der Waals surface area contributed by atoms with Gasteiger partial charge in [-0.25, -0.2) is 9.37 Å². The van der Waals surface area contributed by atoms with Gasteiger partial charge in [0.15, 0.2) is 5.17 Å². The molecule has 0 spiro atoms. The molecule has 2 aromatic carbocycles. The summed E-state index contributed by atoms with van der Waals surface area (Å²) >= 11 is 1.53. The lowest BCUT2D eigenvalue weighted by atomic mass is 10.0. The molecule has 0 radical (unpaired) electrons. The molecule has 2 heterocycles. The molecular formula is C20H19FN4S. The molecule has 4 rings (SSSR count). The average molecular weight is 366 g/mol. The van der Waals surface area contributed by atoms with Gasteiger partial charge in [-0.3, -0.25) is 4.99 Å². The van der Waals surface area contributed by atoms with Gasteiger partial charge in [0.1, 0.15) is 11.6 Å². The van der Waals surface area contributed by atoms with Gasteiger partial charge in [-0.05, 0) is 42.5 Å². The average Bonchev–Trinajstić information content (AvgIpc) is 2.88. The van der Waals surface area contributed by atoms with E-state index >= 15 is 0 Å². The molecule has 0 bridgehead atoms. The fraction of sp³-hybridized carbons (Fsp3) is 0.200. The van der Waals surface area contributed by atoms with Gasteiger partial charge in [0, 0.05) is 28.6 Å². The molecule has 0 amide bonds. The van der Waals surface area contributed by atoms with Crippen molar-refractivity contribution in [2.24, 2.45) is 10.7 Å². The number of nitrogens with two attached hydrogens (primary N) is 1. The van der Waals surface area contributed by atoms with Gasteiger partial charge in [0.2, 0.25) is 0 Å². The summed E-state index contributed by atoms with van der Waals surface area (Å²) in [4.78, 5) is 8.92. The van der Waals surface area contributed by atoms with Crippen LogP contribution in [0.25, 0.3) is 10.8 Å². The first-order valence-electron chi connectivity index (χ1n) is 8.57. The van der Waals surface area contributed by atoms with Gasteiger partial charge in [0.05, 0.1) is 6.04 Å². The summed E-state index contributed by atoms with van der Waals surface area (Å²) in [6, 6.07) is 14.8. The van der Waals surface area contributed by atoms with Gasteiger partial charge in [0.25, 0.3) is 0 Å². The van der Waals surface area contributed by atoms with Crippen LogP contribution in [0.2, 0.25) is 0 Å². The molecule has 1 aliphatic rings. The van der Waals surface area contributed by atoms with Crippen molar-refractivity contribution in [2.75, 3.05) is 11.1 Å². The molecule has 1 atom stereocenters. The molecule has 6 heteroatoms. The third kappa shape index (κ3) is 3.51. The lowest BCUT2D eigenvalue weighted by molar-refractivity contribution is 0.564. The van der Waals surface area contributed by atoms with Gasteiger partial charge in [-0.2, -0.15) is 0 Å². The van der Waals surface area contributed by atoms with Crippen LogP contribution < -0.4 is 11.1 Å². The molecule has 1 aliphatic heterocycles. The van der Waals surface area contributed by atoms with Gasteiger partial charge < -0.3 is 11.1 Å². The number of fused-ring (bicyclic) bond motifs is 1. The van der Waals surface area contributed by atoms with Crippen LogP contribution in [-0.2, 0) is 0 Å². The SMILES string of the molecule is NC1=NC(c2cc(Nc3nccc4ccccc34)ccc2F)CCCS1. The quantitative estimate of drug-likeness (QED) is 0.685. The number of aliphatic imine (C=N–C) groups is 1. The minimum atomic E-state index is -0.255. The van der Waals surface area contributed by atoms with Gasteiger partial charge in [-0.1, -0.05) is 36.0 Å². The van der Waals surface area contributed by atoms with Crippen LogP contribution in [0.1, 0.15) is 24.4 Å². The second kappa shape index (κ2) is 7.33. The van der Waals surface area contributed by atoms with Crippen LogP contribution in [0.5, 0.6) is 0 Å². The second-order valence-electron chi connectivity index (χ2n) is 6.22. The van der Waals surface area contributed by atoms with E-state index in [0.717, 1.165) is 40.9 Å². The lowest BCUT2D eigenvalue weighted by Crippen LogP contribution is -2.08. The predicted octanol–water partition coefficient (Wildman–Crippen LogP) is 5.00. The molecule has 3 aromatic rings. The largest absolute Gasteiger partial charge is 0.379 e. The van der Waals surface area contributed by atoms with Crippen LogP contribution >= 0.6 is 11.8 Å². The molecular weight excluding hydrogens is 347 g/mol. The van der Waals surface area contributed by atoms with E-state index in [4.69, 9.17) is 5.73 Å². The Morgan fingerprint density at radius 3 is 2.96 bits per heavy atom. The Morgan fingerprint density at radius 1 is 1.15 bits per heavy atom. The Hall–Kier alpha value is -2.60. The Balaban J connectivity index is 1.69. The summed E-state index contributed by atoms with van der Waals surface area (Å²) in [5.74, 6) is 1.42. The summed E-state index contributed by atoms with van der Waals surface area (Å²) in [7, 11) is 0. The number of thioether (sulfide) groups is 1. The lowest BCUT2D eigenvalue weighted by Gasteiger charge is -2.15. The fourth-order valence-corrected chi connectivity index (χ4v) is 3.89. The topological polar surface area (TPSA) is 63.3 Å². The Bertz CT molecular complexity index is 968. The number of nitrogens with one attached hydrogen (secondary N) is 1. The zero-order valence-corrected chi connectivity index (χ0v) is 15.0. The first kappa shape index (κ1) is 16.8.